The van der Waals surface area contributed by atoms with Crippen LogP contribution in [0.15, 0.2) is 40.9 Å². The molecule has 4 heteroatoms. The summed E-state index contributed by atoms with van der Waals surface area (Å²) in [6.45, 7) is 0. The van der Waals surface area contributed by atoms with Gasteiger partial charge in [0.25, 0.3) is 0 Å². The number of benzene rings is 2. The first-order valence-electron chi connectivity index (χ1n) is 6.85. The summed E-state index contributed by atoms with van der Waals surface area (Å²) in [5, 5.41) is 12.6. The van der Waals surface area contributed by atoms with Crippen molar-refractivity contribution in [3.8, 4) is 11.8 Å². The molecule has 3 nitrogen and oxygen atoms in total. The number of anilines is 1. The van der Waals surface area contributed by atoms with Gasteiger partial charge in [0.15, 0.2) is 0 Å². The van der Waals surface area contributed by atoms with Crippen molar-refractivity contribution < 1.29 is 4.74 Å². The van der Waals surface area contributed by atoms with E-state index < -0.39 is 0 Å². The molecular weight excluding hydrogens is 328 g/mol. The molecule has 3 rings (SSSR count). The smallest absolute Gasteiger partial charge is 0.138 e. The SMILES string of the molecule is COc1cc(NC2CCc3c(Br)cccc32)ccc1C#N. The third kappa shape index (κ3) is 2.62. The highest BCUT2D eigenvalue weighted by molar-refractivity contribution is 9.10. The average Bonchev–Trinajstić information content (AvgIpc) is 2.92. The topological polar surface area (TPSA) is 45.0 Å². The van der Waals surface area contributed by atoms with Gasteiger partial charge in [-0.1, -0.05) is 28.1 Å². The Morgan fingerprint density at radius 1 is 1.33 bits per heavy atom. The van der Waals surface area contributed by atoms with E-state index in [1.54, 1.807) is 13.2 Å². The molecule has 1 N–H and O–H groups in total. The van der Waals surface area contributed by atoms with Gasteiger partial charge in [0.05, 0.1) is 18.7 Å². The number of fused-ring (bicyclic) bond motifs is 1. The molecule has 2 aromatic rings. The van der Waals surface area contributed by atoms with Gasteiger partial charge in [-0.25, -0.2) is 0 Å². The fourth-order valence-electron chi connectivity index (χ4n) is 2.83. The Bertz CT molecular complexity index is 721. The summed E-state index contributed by atoms with van der Waals surface area (Å²) in [5.41, 5.74) is 4.25. The van der Waals surface area contributed by atoms with Crippen molar-refractivity contribution >= 4 is 21.6 Å². The Labute approximate surface area is 132 Å². The molecule has 0 saturated carbocycles. The van der Waals surface area contributed by atoms with Crippen molar-refractivity contribution in [3.05, 3.63) is 57.6 Å². The van der Waals surface area contributed by atoms with Crippen molar-refractivity contribution in [2.45, 2.75) is 18.9 Å². The Kier molecular flexibility index (Phi) is 3.85. The predicted molar refractivity (Wildman–Crippen MR) is 86.5 cm³/mol. The quantitative estimate of drug-likeness (QED) is 0.897. The lowest BCUT2D eigenvalue weighted by atomic mass is 10.1. The van der Waals surface area contributed by atoms with Crippen LogP contribution in [-0.4, -0.2) is 7.11 Å². The summed E-state index contributed by atoms with van der Waals surface area (Å²) >= 11 is 3.62. The number of ether oxygens (including phenoxy) is 1. The van der Waals surface area contributed by atoms with Crippen LogP contribution in [0.2, 0.25) is 0 Å². The number of halogens is 1. The number of hydrogen-bond acceptors (Lipinski definition) is 3. The van der Waals surface area contributed by atoms with Gasteiger partial charge in [0.1, 0.15) is 11.8 Å². The Morgan fingerprint density at radius 2 is 2.19 bits per heavy atom. The zero-order chi connectivity index (χ0) is 14.8. The van der Waals surface area contributed by atoms with E-state index in [0.717, 1.165) is 18.5 Å². The molecule has 0 bridgehead atoms. The first-order valence-corrected chi connectivity index (χ1v) is 7.64. The van der Waals surface area contributed by atoms with Gasteiger partial charge >= 0.3 is 0 Å². The number of nitrogens with zero attached hydrogens (tertiary/aromatic N) is 1. The van der Waals surface area contributed by atoms with Crippen molar-refractivity contribution in [2.75, 3.05) is 12.4 Å². The zero-order valence-electron chi connectivity index (χ0n) is 11.7. The van der Waals surface area contributed by atoms with E-state index in [1.165, 1.54) is 15.6 Å². The fourth-order valence-corrected chi connectivity index (χ4v) is 3.41. The van der Waals surface area contributed by atoms with E-state index in [1.807, 2.05) is 12.1 Å². The highest BCUT2D eigenvalue weighted by Gasteiger charge is 2.23. The third-order valence-electron chi connectivity index (χ3n) is 3.88. The minimum Gasteiger partial charge on any atom is -0.495 e. The normalized spacial score (nSPS) is 16.1. The minimum atomic E-state index is 0.301. The molecule has 2 aromatic carbocycles. The van der Waals surface area contributed by atoms with Crippen LogP contribution < -0.4 is 10.1 Å². The Morgan fingerprint density at radius 3 is 2.95 bits per heavy atom. The predicted octanol–water partition coefficient (Wildman–Crippen LogP) is 4.43. The molecule has 0 heterocycles. The second kappa shape index (κ2) is 5.79. The summed E-state index contributed by atoms with van der Waals surface area (Å²) in [6, 6.07) is 14.4. The first-order chi connectivity index (χ1) is 10.2. The summed E-state index contributed by atoms with van der Waals surface area (Å²) in [5.74, 6) is 0.606. The molecule has 0 spiro atoms. The molecule has 0 radical (unpaired) electrons. The summed E-state index contributed by atoms with van der Waals surface area (Å²) in [6.07, 6.45) is 2.14. The highest BCUT2D eigenvalue weighted by Crippen LogP contribution is 2.38. The maximum Gasteiger partial charge on any atom is 0.138 e. The summed E-state index contributed by atoms with van der Waals surface area (Å²) < 4.78 is 6.44. The largest absolute Gasteiger partial charge is 0.495 e. The third-order valence-corrected chi connectivity index (χ3v) is 4.62. The highest BCUT2D eigenvalue weighted by atomic mass is 79.9. The van der Waals surface area contributed by atoms with Gasteiger partial charge in [0, 0.05) is 16.2 Å². The van der Waals surface area contributed by atoms with E-state index in [4.69, 9.17) is 10.00 Å². The molecule has 1 unspecified atom stereocenters. The van der Waals surface area contributed by atoms with Crippen LogP contribution in [0.5, 0.6) is 5.75 Å². The molecule has 0 saturated heterocycles. The maximum atomic E-state index is 9.03. The van der Waals surface area contributed by atoms with Gasteiger partial charge in [0.2, 0.25) is 0 Å². The lowest BCUT2D eigenvalue weighted by Gasteiger charge is -2.16. The number of nitrogens with one attached hydrogen (secondary N) is 1. The molecule has 1 aliphatic rings. The average molecular weight is 343 g/mol. The van der Waals surface area contributed by atoms with Gasteiger partial charge in [-0.2, -0.15) is 5.26 Å². The van der Waals surface area contributed by atoms with E-state index in [0.29, 0.717) is 17.4 Å². The fraction of sp³-hybridized carbons (Fsp3) is 0.235. The number of methoxy groups -OCH3 is 1. The molecular formula is C17H15BrN2O. The first kappa shape index (κ1) is 14.0. The molecule has 21 heavy (non-hydrogen) atoms. The van der Waals surface area contributed by atoms with Crippen LogP contribution in [0.4, 0.5) is 5.69 Å². The lowest BCUT2D eigenvalue weighted by Crippen LogP contribution is -2.07. The van der Waals surface area contributed by atoms with Crippen LogP contribution in [0.25, 0.3) is 0 Å². The van der Waals surface area contributed by atoms with Gasteiger partial charge in [-0.05, 0) is 42.2 Å². The maximum absolute atomic E-state index is 9.03. The van der Waals surface area contributed by atoms with E-state index in [-0.39, 0.29) is 0 Å². The van der Waals surface area contributed by atoms with Crippen LogP contribution in [0, 0.1) is 11.3 Å². The van der Waals surface area contributed by atoms with Crippen molar-refractivity contribution in [2.24, 2.45) is 0 Å². The summed E-state index contributed by atoms with van der Waals surface area (Å²) in [7, 11) is 1.59. The standard InChI is InChI=1S/C17H15BrN2O/c1-21-17-9-12(6-5-11(17)10-19)20-16-8-7-13-14(16)3-2-4-15(13)18/h2-6,9,16,20H,7-8H2,1H3. The Balaban J connectivity index is 1.87. The molecule has 0 amide bonds. The van der Waals surface area contributed by atoms with Crippen molar-refractivity contribution in [1.29, 1.82) is 5.26 Å². The van der Waals surface area contributed by atoms with Gasteiger partial charge in [-0.3, -0.25) is 0 Å². The van der Waals surface area contributed by atoms with E-state index in [9.17, 15) is 0 Å². The van der Waals surface area contributed by atoms with Gasteiger partial charge < -0.3 is 10.1 Å². The molecule has 106 valence electrons. The van der Waals surface area contributed by atoms with Crippen LogP contribution in [0.1, 0.15) is 29.2 Å². The minimum absolute atomic E-state index is 0.301. The van der Waals surface area contributed by atoms with Crippen LogP contribution in [-0.2, 0) is 6.42 Å². The Hall–Kier alpha value is -1.99. The number of nitriles is 1. The van der Waals surface area contributed by atoms with Crippen LogP contribution >= 0.6 is 15.9 Å². The van der Waals surface area contributed by atoms with Crippen molar-refractivity contribution in [3.63, 3.8) is 0 Å². The van der Waals surface area contributed by atoms with Crippen LogP contribution in [0.3, 0.4) is 0 Å². The number of hydrogen-bond donors (Lipinski definition) is 1. The molecule has 0 aromatic heterocycles. The molecule has 1 atom stereocenters. The zero-order valence-corrected chi connectivity index (χ0v) is 13.3. The van der Waals surface area contributed by atoms with E-state index in [2.05, 4.69) is 45.5 Å². The monoisotopic (exact) mass is 342 g/mol. The number of rotatable bonds is 3. The molecule has 0 fully saturated rings. The van der Waals surface area contributed by atoms with E-state index >= 15 is 0 Å². The summed E-state index contributed by atoms with van der Waals surface area (Å²) in [4.78, 5) is 0. The second-order valence-corrected chi connectivity index (χ2v) is 5.92. The second-order valence-electron chi connectivity index (χ2n) is 5.07. The van der Waals surface area contributed by atoms with Crippen molar-refractivity contribution in [1.82, 2.24) is 0 Å². The molecule has 0 aliphatic heterocycles. The molecule has 1 aliphatic carbocycles. The van der Waals surface area contributed by atoms with Gasteiger partial charge in [-0.15, -0.1) is 0 Å². The lowest BCUT2D eigenvalue weighted by molar-refractivity contribution is 0.413.